The maximum absolute atomic E-state index is 11.6. The Morgan fingerprint density at radius 2 is 1.65 bits per heavy atom. The van der Waals surface area contributed by atoms with Crippen molar-refractivity contribution in [1.29, 1.82) is 0 Å². The van der Waals surface area contributed by atoms with Gasteiger partial charge in [-0.25, -0.2) is 9.10 Å². The topological polar surface area (TPSA) is 55.8 Å². The summed E-state index contributed by atoms with van der Waals surface area (Å²) in [6.07, 6.45) is 16.9. The highest BCUT2D eigenvalue weighted by Crippen LogP contribution is 2.76. The lowest BCUT2D eigenvalue weighted by molar-refractivity contribution is -0.219. The largest absolute Gasteiger partial charge is 0.478 e. The zero-order valence-electron chi connectivity index (χ0n) is 33.9. The van der Waals surface area contributed by atoms with Crippen molar-refractivity contribution < 1.29 is 9.90 Å². The molecular weight excluding hydrogens is 659 g/mol. The van der Waals surface area contributed by atoms with E-state index in [2.05, 4.69) is 99.7 Å². The molecule has 6 heteroatoms. The number of rotatable bonds is 11. The molecule has 0 radical (unpaired) electrons. The van der Waals surface area contributed by atoms with Crippen LogP contribution in [0.5, 0.6) is 0 Å². The van der Waals surface area contributed by atoms with Crippen LogP contribution in [0.2, 0.25) is 0 Å². The number of aromatic carboxylic acids is 1. The first-order valence-electron chi connectivity index (χ1n) is 21.3. The molecule has 3 unspecified atom stereocenters. The van der Waals surface area contributed by atoms with Crippen molar-refractivity contribution in [1.82, 2.24) is 14.5 Å². The Morgan fingerprint density at radius 3 is 2.33 bits per heavy atom. The van der Waals surface area contributed by atoms with Crippen molar-refractivity contribution in [2.75, 3.05) is 45.0 Å². The minimum Gasteiger partial charge on any atom is -0.478 e. The standard InChI is InChI=1S/C46H71N3O2S/c1-9-10-31-52-49-29-27-48(28-30-49)26-25-47-46-22-17-35(32(2)3)40(46)37-15-16-39-43(6)20-18-36(33-11-13-34(14-12-33)41(50)51)42(4,5)38(43)19-21-45(39,8)44(37,7)23-24-46/h11-14,18,35,37-40,47H,2,9-10,15-17,19-31H2,1,3-8H3,(H,50,51)/t35-,37+,38?,39?,40?,43-,44+,45+,46-/m0/s1. The average Bonchev–Trinajstić information content (AvgIpc) is 3.49. The van der Waals surface area contributed by atoms with Gasteiger partial charge in [0.2, 0.25) is 0 Å². The Hall–Kier alpha value is -1.60. The number of nitrogens with one attached hydrogen (secondary N) is 1. The van der Waals surface area contributed by atoms with Gasteiger partial charge >= 0.3 is 5.97 Å². The Kier molecular flexibility index (Phi) is 10.8. The summed E-state index contributed by atoms with van der Waals surface area (Å²) in [7, 11) is 0. The van der Waals surface area contributed by atoms with Gasteiger partial charge in [-0.05, 0) is 146 Å². The Morgan fingerprint density at radius 1 is 0.923 bits per heavy atom. The monoisotopic (exact) mass is 730 g/mol. The number of piperazine rings is 1. The lowest BCUT2D eigenvalue weighted by atomic mass is 9.33. The van der Waals surface area contributed by atoms with Gasteiger partial charge in [0.1, 0.15) is 0 Å². The third-order valence-corrected chi connectivity index (χ3v) is 18.3. The fourth-order valence-electron chi connectivity index (χ4n) is 14.2. The molecule has 9 atom stereocenters. The van der Waals surface area contributed by atoms with E-state index in [1.165, 1.54) is 119 Å². The maximum atomic E-state index is 11.6. The molecule has 5 fully saturated rings. The first-order valence-corrected chi connectivity index (χ1v) is 22.2. The van der Waals surface area contributed by atoms with Crippen molar-refractivity contribution in [3.8, 4) is 0 Å². The molecule has 7 rings (SSSR count). The van der Waals surface area contributed by atoms with Crippen LogP contribution in [-0.2, 0) is 0 Å². The molecule has 0 spiro atoms. The number of benzene rings is 1. The van der Waals surface area contributed by atoms with Crippen LogP contribution in [0.4, 0.5) is 0 Å². The molecule has 1 aliphatic heterocycles. The summed E-state index contributed by atoms with van der Waals surface area (Å²) in [6.45, 7) is 29.6. The summed E-state index contributed by atoms with van der Waals surface area (Å²) < 4.78 is 2.61. The third-order valence-electron chi connectivity index (χ3n) is 17.1. The van der Waals surface area contributed by atoms with Crippen LogP contribution in [0.1, 0.15) is 135 Å². The van der Waals surface area contributed by atoms with Crippen LogP contribution in [0, 0.1) is 51.2 Å². The van der Waals surface area contributed by atoms with Gasteiger partial charge in [-0.2, -0.15) is 0 Å². The van der Waals surface area contributed by atoms with Crippen molar-refractivity contribution >= 4 is 23.5 Å². The van der Waals surface area contributed by atoms with Crippen LogP contribution in [0.25, 0.3) is 5.57 Å². The van der Waals surface area contributed by atoms with Gasteiger partial charge in [0.15, 0.2) is 0 Å². The summed E-state index contributed by atoms with van der Waals surface area (Å²) >= 11 is 2.07. The SMILES string of the molecule is C=C(C)[C@@H]1CC[C@]2(NCCN3CCN(SCCCC)CC3)CC[C@]3(C)[C@H](CCC4[C@@]5(C)CC=C(c6ccc(C(=O)O)cc6)C(C)(C)C5CC[C@]43C)C12. The number of hydrogen-bond donors (Lipinski definition) is 2. The highest BCUT2D eigenvalue weighted by atomic mass is 32.2. The molecule has 1 saturated heterocycles. The number of nitrogens with zero attached hydrogens (tertiary/aromatic N) is 2. The van der Waals surface area contributed by atoms with Crippen LogP contribution in [-0.4, -0.2) is 70.8 Å². The van der Waals surface area contributed by atoms with Gasteiger partial charge in [-0.3, -0.25) is 4.90 Å². The maximum Gasteiger partial charge on any atom is 0.335 e. The molecule has 1 aromatic carbocycles. The molecule has 52 heavy (non-hydrogen) atoms. The van der Waals surface area contributed by atoms with E-state index in [9.17, 15) is 9.90 Å². The average molecular weight is 730 g/mol. The van der Waals surface area contributed by atoms with Crippen LogP contribution in [0.15, 0.2) is 42.5 Å². The fourth-order valence-corrected chi connectivity index (χ4v) is 15.3. The van der Waals surface area contributed by atoms with E-state index in [0.29, 0.717) is 34.1 Å². The van der Waals surface area contributed by atoms with E-state index in [1.54, 1.807) is 12.1 Å². The van der Waals surface area contributed by atoms with Gasteiger partial charge < -0.3 is 10.4 Å². The van der Waals surface area contributed by atoms with Gasteiger partial charge in [0.25, 0.3) is 0 Å². The van der Waals surface area contributed by atoms with Crippen molar-refractivity contribution in [3.63, 3.8) is 0 Å². The van der Waals surface area contributed by atoms with Gasteiger partial charge in [0.05, 0.1) is 5.56 Å². The van der Waals surface area contributed by atoms with Gasteiger partial charge in [-0.1, -0.05) is 90.3 Å². The molecule has 1 heterocycles. The molecular formula is C46H71N3O2S. The number of carboxylic acids is 1. The van der Waals surface area contributed by atoms with E-state index < -0.39 is 5.97 Å². The summed E-state index contributed by atoms with van der Waals surface area (Å²) in [5.74, 6) is 3.84. The molecule has 1 aromatic rings. The van der Waals surface area contributed by atoms with E-state index in [0.717, 1.165) is 24.8 Å². The number of carbonyl (C=O) groups is 1. The molecule has 5 aliphatic carbocycles. The Labute approximate surface area is 321 Å². The normalized spacial score (nSPS) is 40.2. The molecule has 0 aromatic heterocycles. The molecule has 2 N–H and O–H groups in total. The lowest BCUT2D eigenvalue weighted by Gasteiger charge is -2.72. The second kappa shape index (κ2) is 14.5. The highest BCUT2D eigenvalue weighted by molar-refractivity contribution is 7.97. The highest BCUT2D eigenvalue weighted by Gasteiger charge is 2.70. The number of hydrogen-bond acceptors (Lipinski definition) is 5. The first kappa shape index (κ1) is 38.7. The van der Waals surface area contributed by atoms with Crippen molar-refractivity contribution in [2.24, 2.45) is 51.2 Å². The fraction of sp³-hybridized carbons (Fsp3) is 0.761. The lowest BCUT2D eigenvalue weighted by Crippen LogP contribution is -2.68. The minimum atomic E-state index is -0.851. The second-order valence-electron chi connectivity index (χ2n) is 19.7. The zero-order valence-corrected chi connectivity index (χ0v) is 34.7. The Bertz CT molecular complexity index is 1510. The number of fused-ring (bicyclic) bond motifs is 7. The van der Waals surface area contributed by atoms with Crippen molar-refractivity contribution in [2.45, 2.75) is 125 Å². The Balaban J connectivity index is 1.09. The van der Waals surface area contributed by atoms with E-state index in [-0.39, 0.29) is 16.4 Å². The minimum absolute atomic E-state index is 0.0412. The van der Waals surface area contributed by atoms with E-state index in [4.69, 9.17) is 0 Å². The predicted octanol–water partition coefficient (Wildman–Crippen LogP) is 10.4. The number of allylic oxidation sites excluding steroid dienone is 3. The van der Waals surface area contributed by atoms with Crippen molar-refractivity contribution in [3.05, 3.63) is 53.6 Å². The summed E-state index contributed by atoms with van der Waals surface area (Å²) in [5, 5.41) is 13.9. The molecule has 0 bridgehead atoms. The summed E-state index contributed by atoms with van der Waals surface area (Å²) in [4.78, 5) is 14.3. The van der Waals surface area contributed by atoms with Crippen LogP contribution in [0.3, 0.4) is 0 Å². The quantitative estimate of drug-likeness (QED) is 0.134. The second-order valence-corrected chi connectivity index (χ2v) is 20.8. The predicted molar refractivity (Wildman–Crippen MR) is 219 cm³/mol. The van der Waals surface area contributed by atoms with Crippen LogP contribution >= 0.6 is 11.9 Å². The van der Waals surface area contributed by atoms with Crippen LogP contribution < -0.4 is 5.32 Å². The zero-order chi connectivity index (χ0) is 37.1. The summed E-state index contributed by atoms with van der Waals surface area (Å²) in [5.41, 5.74) is 5.66. The van der Waals surface area contributed by atoms with Gasteiger partial charge in [0, 0.05) is 50.6 Å². The molecule has 0 amide bonds. The van der Waals surface area contributed by atoms with E-state index >= 15 is 0 Å². The molecule has 4 saturated carbocycles. The van der Waals surface area contributed by atoms with Gasteiger partial charge in [-0.15, -0.1) is 0 Å². The number of unbranched alkanes of at least 4 members (excludes halogenated alkanes) is 1. The smallest absolute Gasteiger partial charge is 0.335 e. The summed E-state index contributed by atoms with van der Waals surface area (Å²) in [6, 6.07) is 7.68. The van der Waals surface area contributed by atoms with E-state index in [1.807, 2.05) is 0 Å². The molecule has 5 nitrogen and oxygen atoms in total. The molecule has 288 valence electrons. The first-order chi connectivity index (χ1) is 24.7. The third kappa shape index (κ3) is 6.30. The molecule has 6 aliphatic rings. The number of carboxylic acid groups (broad SMARTS) is 1.